The van der Waals surface area contributed by atoms with Crippen LogP contribution in [0.1, 0.15) is 59.1 Å². The summed E-state index contributed by atoms with van der Waals surface area (Å²) in [6.45, 7) is 21.6. The fraction of sp³-hybridized carbons (Fsp3) is 0.429. The average Bonchev–Trinajstić information content (AvgIpc) is 2.89. The summed E-state index contributed by atoms with van der Waals surface area (Å²) in [5, 5.41) is 3.26. The summed E-state index contributed by atoms with van der Waals surface area (Å²) in [5.74, 6) is 2.66. The third-order valence-electron chi connectivity index (χ3n) is 4.38. The number of rotatable bonds is 12. The molecule has 0 radical (unpaired) electrons. The minimum Gasteiger partial charge on any atom is -0.493 e. The van der Waals surface area contributed by atoms with Gasteiger partial charge in [0.25, 0.3) is 0 Å². The predicted octanol–water partition coefficient (Wildman–Crippen LogP) is 6.92. The van der Waals surface area contributed by atoms with Crippen molar-refractivity contribution in [1.82, 2.24) is 5.32 Å². The first-order chi connectivity index (χ1) is 16.2. The van der Waals surface area contributed by atoms with E-state index < -0.39 is 0 Å². The third kappa shape index (κ3) is 12.5. The average molecular weight is 454 g/mol. The maximum Gasteiger partial charge on any atom is 0.130 e. The molecule has 0 aliphatic rings. The van der Waals surface area contributed by atoms with Gasteiger partial charge in [-0.3, -0.25) is 4.99 Å². The number of ether oxygens (including phenoxy) is 2. The van der Waals surface area contributed by atoms with Crippen molar-refractivity contribution in [2.75, 3.05) is 19.8 Å². The van der Waals surface area contributed by atoms with Crippen LogP contribution in [-0.4, -0.2) is 32.4 Å². The molecule has 0 saturated heterocycles. The van der Waals surface area contributed by atoms with Crippen LogP contribution in [0.2, 0.25) is 0 Å². The zero-order valence-electron chi connectivity index (χ0n) is 21.4. The van der Waals surface area contributed by atoms with Crippen molar-refractivity contribution < 1.29 is 9.47 Å². The number of hydrogen-bond acceptors (Lipinski definition) is 4. The molecular weight excluding hydrogens is 410 g/mol. The molecule has 2 aromatic rings. The first-order valence-corrected chi connectivity index (χ1v) is 11.9. The van der Waals surface area contributed by atoms with Crippen LogP contribution in [0, 0.1) is 5.92 Å². The lowest BCUT2D eigenvalue weighted by Gasteiger charge is -2.16. The predicted molar refractivity (Wildman–Crippen MR) is 144 cm³/mol. The molecule has 2 rings (SSSR count). The van der Waals surface area contributed by atoms with Gasteiger partial charge in [-0.2, -0.15) is 0 Å². The van der Waals surface area contributed by atoms with Crippen LogP contribution in [0.4, 0.5) is 0 Å². The molecule has 0 amide bonds. The van der Waals surface area contributed by atoms with Crippen LogP contribution < -0.4 is 14.8 Å². The van der Waals surface area contributed by atoms with Crippen molar-refractivity contribution in [1.29, 1.82) is 0 Å². The van der Waals surface area contributed by atoms with E-state index in [1.54, 1.807) is 6.08 Å². The Hall–Kier alpha value is -3.08. The second-order valence-corrected chi connectivity index (χ2v) is 6.83. The first kappa shape index (κ1) is 29.9. The fourth-order valence-electron chi connectivity index (χ4n) is 2.51. The quantitative estimate of drug-likeness (QED) is 0.215. The molecule has 0 aromatic heterocycles. The minimum absolute atomic E-state index is 0.275. The highest BCUT2D eigenvalue weighted by Gasteiger charge is 2.10. The van der Waals surface area contributed by atoms with E-state index in [4.69, 9.17) is 9.47 Å². The molecule has 0 aliphatic carbocycles. The molecule has 1 unspecified atom stereocenters. The van der Waals surface area contributed by atoms with Crippen molar-refractivity contribution in [2.24, 2.45) is 15.9 Å². The largest absolute Gasteiger partial charge is 0.493 e. The molecule has 0 aliphatic heterocycles. The Morgan fingerprint density at radius 3 is 2.24 bits per heavy atom. The van der Waals surface area contributed by atoms with E-state index in [1.807, 2.05) is 76.2 Å². The molecule has 5 nitrogen and oxygen atoms in total. The van der Waals surface area contributed by atoms with Crippen molar-refractivity contribution in [3.05, 3.63) is 72.3 Å². The van der Waals surface area contributed by atoms with Crippen LogP contribution in [0.3, 0.4) is 0 Å². The van der Waals surface area contributed by atoms with Gasteiger partial charge in [0, 0.05) is 18.2 Å². The van der Waals surface area contributed by atoms with Crippen LogP contribution in [0.5, 0.6) is 11.5 Å². The Labute approximate surface area is 201 Å². The van der Waals surface area contributed by atoms with Crippen LogP contribution in [-0.2, 0) is 6.61 Å². The SMILES string of the molecule is C=CCN/C(=N\CN=C)c1cc(OCc2ccccc2)cc(OCC(C)CC)c1.CC.CC. The number of nitrogens with one attached hydrogen (secondary N) is 1. The van der Waals surface area contributed by atoms with Gasteiger partial charge in [0.15, 0.2) is 0 Å². The van der Waals surface area contributed by atoms with Crippen molar-refractivity contribution in [3.8, 4) is 11.5 Å². The summed E-state index contributed by atoms with van der Waals surface area (Å²) in [6, 6.07) is 15.9. The van der Waals surface area contributed by atoms with Gasteiger partial charge in [-0.1, -0.05) is 84.4 Å². The Morgan fingerprint density at radius 2 is 1.67 bits per heavy atom. The molecule has 0 fully saturated rings. The molecular formula is C28H43N3O2. The lowest BCUT2D eigenvalue weighted by molar-refractivity contribution is 0.253. The number of nitrogens with zero attached hydrogens (tertiary/aromatic N) is 2. The van der Waals surface area contributed by atoms with Gasteiger partial charge in [-0.05, 0) is 30.3 Å². The molecule has 0 saturated carbocycles. The topological polar surface area (TPSA) is 55.2 Å². The monoisotopic (exact) mass is 453 g/mol. The second kappa shape index (κ2) is 19.6. The summed E-state index contributed by atoms with van der Waals surface area (Å²) in [7, 11) is 0. The Bertz CT molecular complexity index is 804. The molecule has 0 heterocycles. The fourth-order valence-corrected chi connectivity index (χ4v) is 2.51. The minimum atomic E-state index is 0.275. The summed E-state index contributed by atoms with van der Waals surface area (Å²) in [5.41, 5.74) is 1.98. The zero-order valence-corrected chi connectivity index (χ0v) is 21.4. The third-order valence-corrected chi connectivity index (χ3v) is 4.38. The highest BCUT2D eigenvalue weighted by Crippen LogP contribution is 2.25. The van der Waals surface area contributed by atoms with E-state index in [0.717, 1.165) is 29.0 Å². The van der Waals surface area contributed by atoms with Gasteiger partial charge < -0.3 is 14.8 Å². The molecule has 182 valence electrons. The summed E-state index contributed by atoms with van der Waals surface area (Å²) >= 11 is 0. The summed E-state index contributed by atoms with van der Waals surface area (Å²) in [6.07, 6.45) is 2.85. The van der Waals surface area contributed by atoms with E-state index in [0.29, 0.717) is 31.5 Å². The van der Waals surface area contributed by atoms with Gasteiger partial charge in [0.05, 0.1) is 6.61 Å². The Morgan fingerprint density at radius 1 is 1.03 bits per heavy atom. The van der Waals surface area contributed by atoms with Crippen molar-refractivity contribution in [2.45, 2.75) is 54.6 Å². The molecule has 33 heavy (non-hydrogen) atoms. The van der Waals surface area contributed by atoms with Gasteiger partial charge in [-0.15, -0.1) is 6.58 Å². The molecule has 2 aromatic carbocycles. The molecule has 0 bridgehead atoms. The van der Waals surface area contributed by atoms with Gasteiger partial charge >= 0.3 is 0 Å². The van der Waals surface area contributed by atoms with Gasteiger partial charge in [-0.25, -0.2) is 4.99 Å². The lowest BCUT2D eigenvalue weighted by Crippen LogP contribution is -2.25. The molecule has 5 heteroatoms. The number of benzene rings is 2. The zero-order chi connectivity index (χ0) is 24.9. The Balaban J connectivity index is 0.00000242. The van der Waals surface area contributed by atoms with Crippen molar-refractivity contribution >= 4 is 12.6 Å². The van der Waals surface area contributed by atoms with Crippen molar-refractivity contribution in [3.63, 3.8) is 0 Å². The van der Waals surface area contributed by atoms with E-state index in [9.17, 15) is 0 Å². The molecule has 1 N–H and O–H groups in total. The number of aliphatic imine (C=N–C) groups is 2. The van der Waals surface area contributed by atoms with E-state index in [-0.39, 0.29) is 6.67 Å². The smallest absolute Gasteiger partial charge is 0.130 e. The van der Waals surface area contributed by atoms with Gasteiger partial charge in [0.2, 0.25) is 0 Å². The lowest BCUT2D eigenvalue weighted by atomic mass is 10.1. The van der Waals surface area contributed by atoms with Crippen LogP contribution in [0.15, 0.2) is 71.2 Å². The second-order valence-electron chi connectivity index (χ2n) is 6.83. The van der Waals surface area contributed by atoms with Gasteiger partial charge in [0.1, 0.15) is 30.6 Å². The first-order valence-electron chi connectivity index (χ1n) is 11.9. The highest BCUT2D eigenvalue weighted by molar-refractivity contribution is 5.99. The molecule has 1 atom stereocenters. The summed E-state index contributed by atoms with van der Waals surface area (Å²) < 4.78 is 12.1. The van der Waals surface area contributed by atoms with E-state index in [2.05, 4.69) is 42.4 Å². The highest BCUT2D eigenvalue weighted by atomic mass is 16.5. The maximum absolute atomic E-state index is 6.05. The van der Waals surface area contributed by atoms with Crippen LogP contribution >= 0.6 is 0 Å². The Kier molecular flexibility index (Phi) is 17.8. The standard InChI is InChI=1S/C24H31N3O2.2C2H6/c1-5-12-26-24(27-18-25-4)21-13-22(28-16-19(3)6-2)15-23(14-21)29-17-20-10-8-7-9-11-20;2*1-2/h5,7-11,13-15,19H,1,4,6,12,16-18H2,2-3H3,(H,26,27);2*1-2H3. The normalized spacial score (nSPS) is 11.0. The number of amidine groups is 1. The summed E-state index contributed by atoms with van der Waals surface area (Å²) in [4.78, 5) is 8.31. The van der Waals surface area contributed by atoms with E-state index >= 15 is 0 Å². The molecule has 0 spiro atoms. The number of hydrogen-bond donors (Lipinski definition) is 1. The van der Waals surface area contributed by atoms with Crippen LogP contribution in [0.25, 0.3) is 0 Å². The maximum atomic E-state index is 6.05. The van der Waals surface area contributed by atoms with E-state index in [1.165, 1.54) is 0 Å².